The summed E-state index contributed by atoms with van der Waals surface area (Å²) >= 11 is 3.52. The molecular formula is C28H30BrN5O4. The Morgan fingerprint density at radius 2 is 1.74 bits per heavy atom. The van der Waals surface area contributed by atoms with E-state index in [1.807, 2.05) is 47.4 Å². The number of rotatable bonds is 6. The number of amides is 3. The van der Waals surface area contributed by atoms with Crippen LogP contribution in [0.15, 0.2) is 53.0 Å². The summed E-state index contributed by atoms with van der Waals surface area (Å²) in [5, 5.41) is 2.09. The number of hydrogen-bond acceptors (Lipinski definition) is 7. The average molecular weight is 580 g/mol. The summed E-state index contributed by atoms with van der Waals surface area (Å²) in [5.74, 6) is -0.149. The van der Waals surface area contributed by atoms with Gasteiger partial charge in [-0.3, -0.25) is 24.7 Å². The Morgan fingerprint density at radius 1 is 1.03 bits per heavy atom. The van der Waals surface area contributed by atoms with Crippen molar-refractivity contribution < 1.29 is 19.1 Å². The van der Waals surface area contributed by atoms with Gasteiger partial charge < -0.3 is 9.64 Å². The molecule has 2 aliphatic rings. The van der Waals surface area contributed by atoms with Crippen LogP contribution >= 0.6 is 15.9 Å². The average Bonchev–Trinajstić information content (AvgIpc) is 3.10. The topological polar surface area (TPSA) is 95.1 Å². The van der Waals surface area contributed by atoms with Gasteiger partial charge in [0.1, 0.15) is 11.6 Å². The van der Waals surface area contributed by atoms with Crippen molar-refractivity contribution in [2.45, 2.75) is 20.4 Å². The Bertz CT molecular complexity index is 1390. The maximum atomic E-state index is 13.0. The van der Waals surface area contributed by atoms with Gasteiger partial charge in [0.15, 0.2) is 0 Å². The van der Waals surface area contributed by atoms with Crippen LogP contribution in [0, 0.1) is 11.8 Å². The van der Waals surface area contributed by atoms with Crippen LogP contribution in [-0.4, -0.2) is 70.8 Å². The van der Waals surface area contributed by atoms with Gasteiger partial charge in [-0.05, 0) is 42.0 Å². The molecule has 5 rings (SSSR count). The number of methoxy groups -OCH3 is 1. The van der Waals surface area contributed by atoms with Crippen LogP contribution < -0.4 is 10.2 Å². The highest BCUT2D eigenvalue weighted by atomic mass is 79.9. The van der Waals surface area contributed by atoms with Crippen molar-refractivity contribution in [3.63, 3.8) is 0 Å². The Labute approximate surface area is 229 Å². The molecule has 2 saturated heterocycles. The zero-order chi connectivity index (χ0) is 27.0. The fraction of sp³-hybridized carbons (Fsp3) is 0.357. The van der Waals surface area contributed by atoms with Crippen LogP contribution in [0.3, 0.4) is 0 Å². The molecule has 3 amide bonds. The molecule has 38 heavy (non-hydrogen) atoms. The maximum absolute atomic E-state index is 13.0. The predicted molar refractivity (Wildman–Crippen MR) is 147 cm³/mol. The molecule has 0 aliphatic carbocycles. The number of halogens is 1. The molecule has 9 nitrogen and oxygen atoms in total. The molecule has 2 aliphatic heterocycles. The van der Waals surface area contributed by atoms with E-state index < -0.39 is 0 Å². The molecule has 0 spiro atoms. The van der Waals surface area contributed by atoms with Crippen molar-refractivity contribution in [3.8, 4) is 5.75 Å². The zero-order valence-corrected chi connectivity index (χ0v) is 23.2. The first-order chi connectivity index (χ1) is 18.2. The smallest absolute Gasteiger partial charge is 0.254 e. The number of fused-ring (bicyclic) bond motifs is 1. The van der Waals surface area contributed by atoms with Gasteiger partial charge in [-0.2, -0.15) is 5.01 Å². The van der Waals surface area contributed by atoms with Crippen LogP contribution in [0.5, 0.6) is 5.75 Å². The second-order valence-corrected chi connectivity index (χ2v) is 10.7. The summed E-state index contributed by atoms with van der Waals surface area (Å²) in [6.07, 6.45) is 0. The number of nitrogens with one attached hydrogen (secondary N) is 1. The molecule has 1 N–H and O–H groups in total. The number of imide groups is 1. The van der Waals surface area contributed by atoms with Crippen LogP contribution in [0.25, 0.3) is 10.9 Å². The number of ether oxygens (including phenoxy) is 1. The standard InChI is InChI=1S/C28H30BrN5O4/c1-17-18(2)27(36)34(26(17)35)31-25-14-20(23-8-7-21(29)15-24(23)30-25)16-32-9-11-33(12-10-32)28(37)19-5-4-6-22(13-19)38-3/h4-8,13-15,17-18H,9-12,16H2,1-3H3,(H,30,31). The van der Waals surface area contributed by atoms with E-state index in [1.165, 1.54) is 0 Å². The molecule has 2 unspecified atom stereocenters. The van der Waals surface area contributed by atoms with Crippen molar-refractivity contribution in [3.05, 3.63) is 64.1 Å². The third-order valence-corrected chi connectivity index (χ3v) is 7.92. The second-order valence-electron chi connectivity index (χ2n) is 9.83. The number of piperazine rings is 1. The van der Waals surface area contributed by atoms with Gasteiger partial charge in [0.2, 0.25) is 0 Å². The monoisotopic (exact) mass is 579 g/mol. The van der Waals surface area contributed by atoms with E-state index in [9.17, 15) is 14.4 Å². The van der Waals surface area contributed by atoms with Crippen LogP contribution in [-0.2, 0) is 16.1 Å². The molecule has 2 fully saturated rings. The van der Waals surface area contributed by atoms with E-state index >= 15 is 0 Å². The quantitative estimate of drug-likeness (QED) is 0.442. The zero-order valence-electron chi connectivity index (χ0n) is 21.6. The van der Waals surface area contributed by atoms with Crippen molar-refractivity contribution in [1.82, 2.24) is 19.8 Å². The third-order valence-electron chi connectivity index (χ3n) is 7.42. The molecular weight excluding hydrogens is 550 g/mol. The lowest BCUT2D eigenvalue weighted by molar-refractivity contribution is -0.138. The highest BCUT2D eigenvalue weighted by Gasteiger charge is 2.43. The van der Waals surface area contributed by atoms with E-state index in [0.717, 1.165) is 39.0 Å². The molecule has 2 atom stereocenters. The minimum absolute atomic E-state index is 0.00217. The van der Waals surface area contributed by atoms with Gasteiger partial charge in [-0.25, -0.2) is 4.98 Å². The van der Waals surface area contributed by atoms with Crippen molar-refractivity contribution in [2.24, 2.45) is 11.8 Å². The first-order valence-electron chi connectivity index (χ1n) is 12.6. The number of benzene rings is 2. The Kier molecular flexibility index (Phi) is 7.36. The predicted octanol–water partition coefficient (Wildman–Crippen LogP) is 3.93. The van der Waals surface area contributed by atoms with E-state index in [-0.39, 0.29) is 29.6 Å². The minimum Gasteiger partial charge on any atom is -0.497 e. The Balaban J connectivity index is 1.33. The van der Waals surface area contributed by atoms with Gasteiger partial charge in [-0.1, -0.05) is 41.9 Å². The summed E-state index contributed by atoms with van der Waals surface area (Å²) in [5.41, 5.74) is 5.37. The molecule has 198 valence electrons. The lowest BCUT2D eigenvalue weighted by Gasteiger charge is -2.35. The first-order valence-corrected chi connectivity index (χ1v) is 13.4. The number of aromatic nitrogens is 1. The fourth-order valence-corrected chi connectivity index (χ4v) is 5.27. The summed E-state index contributed by atoms with van der Waals surface area (Å²) in [4.78, 5) is 47.1. The summed E-state index contributed by atoms with van der Waals surface area (Å²) in [7, 11) is 1.59. The molecule has 1 aromatic heterocycles. The number of anilines is 1. The van der Waals surface area contributed by atoms with E-state index in [4.69, 9.17) is 4.74 Å². The largest absolute Gasteiger partial charge is 0.497 e. The molecule has 3 aromatic rings. The number of carbonyl (C=O) groups is 3. The van der Waals surface area contributed by atoms with Crippen molar-refractivity contribution in [2.75, 3.05) is 38.7 Å². The molecule has 0 saturated carbocycles. The molecule has 10 heteroatoms. The second kappa shape index (κ2) is 10.7. The normalized spacial score (nSPS) is 20.3. The SMILES string of the molecule is COc1cccc(C(=O)N2CCN(Cc3cc(NN4C(=O)C(C)C(C)C4=O)nc4cc(Br)ccc34)CC2)c1. The lowest BCUT2D eigenvalue weighted by Crippen LogP contribution is -2.48. The van der Waals surface area contributed by atoms with Crippen LogP contribution in [0.2, 0.25) is 0 Å². The number of carbonyl (C=O) groups excluding carboxylic acids is 3. The van der Waals surface area contributed by atoms with Crippen LogP contribution in [0.4, 0.5) is 5.82 Å². The molecule has 3 heterocycles. The number of pyridine rings is 1. The van der Waals surface area contributed by atoms with Crippen molar-refractivity contribution >= 4 is 50.4 Å². The van der Waals surface area contributed by atoms with Gasteiger partial charge in [0.05, 0.1) is 12.6 Å². The van der Waals surface area contributed by atoms with E-state index in [0.29, 0.717) is 36.8 Å². The van der Waals surface area contributed by atoms with Crippen molar-refractivity contribution in [1.29, 1.82) is 0 Å². The van der Waals surface area contributed by atoms with Crippen LogP contribution in [0.1, 0.15) is 29.8 Å². The van der Waals surface area contributed by atoms with Gasteiger partial charge in [0, 0.05) is 60.0 Å². The summed E-state index contributed by atoms with van der Waals surface area (Å²) < 4.78 is 6.15. The van der Waals surface area contributed by atoms with Gasteiger partial charge in [0.25, 0.3) is 17.7 Å². The number of nitrogens with zero attached hydrogens (tertiary/aromatic N) is 4. The highest BCUT2D eigenvalue weighted by molar-refractivity contribution is 9.10. The summed E-state index contributed by atoms with van der Waals surface area (Å²) in [6, 6.07) is 15.0. The van der Waals surface area contributed by atoms with Gasteiger partial charge in [-0.15, -0.1) is 0 Å². The minimum atomic E-state index is -0.375. The molecule has 0 radical (unpaired) electrons. The molecule has 0 bridgehead atoms. The summed E-state index contributed by atoms with van der Waals surface area (Å²) in [6.45, 7) is 6.84. The Hall–Kier alpha value is -3.50. The Morgan fingerprint density at radius 3 is 2.42 bits per heavy atom. The number of hydrogen-bond donors (Lipinski definition) is 1. The fourth-order valence-electron chi connectivity index (χ4n) is 4.92. The van der Waals surface area contributed by atoms with Gasteiger partial charge >= 0.3 is 0 Å². The van der Waals surface area contributed by atoms with E-state index in [2.05, 4.69) is 31.2 Å². The maximum Gasteiger partial charge on any atom is 0.254 e. The third kappa shape index (κ3) is 5.10. The lowest BCUT2D eigenvalue weighted by atomic mass is 10.00. The highest BCUT2D eigenvalue weighted by Crippen LogP contribution is 2.29. The number of hydrazine groups is 1. The first kappa shape index (κ1) is 26.1. The molecule has 2 aromatic carbocycles. The van der Waals surface area contributed by atoms with E-state index in [1.54, 1.807) is 27.0 Å².